The van der Waals surface area contributed by atoms with Gasteiger partial charge in [0.05, 0.1) is 6.04 Å². The third-order valence-corrected chi connectivity index (χ3v) is 5.61. The summed E-state index contributed by atoms with van der Waals surface area (Å²) in [7, 11) is 0. The number of amides is 3. The smallest absolute Gasteiger partial charge is 0.326 e. The molecule has 0 spiro atoms. The molecule has 0 aliphatic carbocycles. The lowest BCUT2D eigenvalue weighted by atomic mass is 10.0. The van der Waals surface area contributed by atoms with Crippen LogP contribution in [0.4, 0.5) is 0 Å². The van der Waals surface area contributed by atoms with Crippen LogP contribution >= 0.6 is 0 Å². The van der Waals surface area contributed by atoms with Crippen LogP contribution in [0.3, 0.4) is 0 Å². The minimum absolute atomic E-state index is 0.0578. The molecule has 216 valence electrons. The first-order chi connectivity index (χ1) is 18.2. The van der Waals surface area contributed by atoms with E-state index in [0.29, 0.717) is 12.0 Å². The van der Waals surface area contributed by atoms with E-state index in [1.807, 2.05) is 13.8 Å². The van der Waals surface area contributed by atoms with E-state index in [4.69, 9.17) is 15.9 Å². The lowest BCUT2D eigenvalue weighted by Gasteiger charge is -2.25. The molecule has 0 fully saturated rings. The number of aliphatic carboxylic acids is 3. The van der Waals surface area contributed by atoms with Crippen LogP contribution in [-0.2, 0) is 35.2 Å². The minimum Gasteiger partial charge on any atom is -0.508 e. The van der Waals surface area contributed by atoms with Crippen molar-refractivity contribution in [1.29, 1.82) is 0 Å². The van der Waals surface area contributed by atoms with Gasteiger partial charge in [-0.15, -0.1) is 0 Å². The summed E-state index contributed by atoms with van der Waals surface area (Å²) in [6.07, 6.45) is -1.62. The highest BCUT2D eigenvalue weighted by molar-refractivity contribution is 5.94. The van der Waals surface area contributed by atoms with E-state index in [1.54, 1.807) is 0 Å². The number of carbonyl (C=O) groups excluding carboxylic acids is 3. The van der Waals surface area contributed by atoms with Crippen LogP contribution in [-0.4, -0.2) is 80.2 Å². The minimum atomic E-state index is -1.57. The third kappa shape index (κ3) is 12.7. The van der Waals surface area contributed by atoms with Crippen LogP contribution in [0.25, 0.3) is 0 Å². The second-order valence-corrected chi connectivity index (χ2v) is 9.49. The Hall–Kier alpha value is -4.20. The number of phenolic OH excluding ortho intramolecular Hbond substituents is 1. The van der Waals surface area contributed by atoms with Gasteiger partial charge in [0.15, 0.2) is 0 Å². The van der Waals surface area contributed by atoms with Crippen molar-refractivity contribution in [2.75, 3.05) is 0 Å². The van der Waals surface area contributed by atoms with Gasteiger partial charge < -0.3 is 42.1 Å². The number of carboxylic acids is 3. The highest BCUT2D eigenvalue weighted by atomic mass is 16.4. The zero-order chi connectivity index (χ0) is 29.7. The second kappa shape index (κ2) is 15.9. The topological polar surface area (TPSA) is 245 Å². The summed E-state index contributed by atoms with van der Waals surface area (Å²) in [5, 5.41) is 43.9. The largest absolute Gasteiger partial charge is 0.508 e. The number of carboxylic acid groups (broad SMARTS) is 3. The number of benzene rings is 1. The molecule has 4 atom stereocenters. The molecule has 0 aliphatic heterocycles. The SMILES string of the molecule is CC(C)CC(N)C(=O)NC(CCC(=O)O)C(=O)NC(Cc1ccc(O)cc1)C(=O)NC(CCC(=O)O)C(=O)O. The second-order valence-electron chi connectivity index (χ2n) is 9.49. The van der Waals surface area contributed by atoms with Gasteiger partial charge in [-0.3, -0.25) is 24.0 Å². The van der Waals surface area contributed by atoms with Gasteiger partial charge in [0.1, 0.15) is 23.9 Å². The summed E-state index contributed by atoms with van der Waals surface area (Å²) >= 11 is 0. The number of hydrogen-bond donors (Lipinski definition) is 8. The van der Waals surface area contributed by atoms with Gasteiger partial charge in [-0.1, -0.05) is 26.0 Å². The van der Waals surface area contributed by atoms with E-state index in [0.717, 1.165) is 0 Å². The van der Waals surface area contributed by atoms with Crippen molar-refractivity contribution in [2.24, 2.45) is 11.7 Å². The zero-order valence-corrected chi connectivity index (χ0v) is 21.8. The van der Waals surface area contributed by atoms with Crippen molar-refractivity contribution in [3.63, 3.8) is 0 Å². The van der Waals surface area contributed by atoms with E-state index < -0.39 is 79.1 Å². The fourth-order valence-electron chi connectivity index (χ4n) is 3.58. The number of phenols is 1. The van der Waals surface area contributed by atoms with Crippen LogP contribution < -0.4 is 21.7 Å². The van der Waals surface area contributed by atoms with Gasteiger partial charge in [0, 0.05) is 19.3 Å². The van der Waals surface area contributed by atoms with Gasteiger partial charge in [-0.05, 0) is 42.9 Å². The van der Waals surface area contributed by atoms with Crippen molar-refractivity contribution in [2.45, 2.75) is 76.5 Å². The van der Waals surface area contributed by atoms with E-state index in [9.17, 15) is 39.0 Å². The van der Waals surface area contributed by atoms with Crippen LogP contribution in [0.15, 0.2) is 24.3 Å². The highest BCUT2D eigenvalue weighted by Gasteiger charge is 2.31. The van der Waals surface area contributed by atoms with E-state index in [2.05, 4.69) is 16.0 Å². The Labute approximate surface area is 225 Å². The Bertz CT molecular complexity index is 1030. The van der Waals surface area contributed by atoms with Gasteiger partial charge in [-0.2, -0.15) is 0 Å². The molecule has 1 aromatic rings. The van der Waals surface area contributed by atoms with Crippen molar-refractivity contribution in [3.05, 3.63) is 29.8 Å². The molecule has 1 rings (SSSR count). The van der Waals surface area contributed by atoms with Crippen molar-refractivity contribution >= 4 is 35.6 Å². The number of rotatable bonds is 17. The van der Waals surface area contributed by atoms with Crippen LogP contribution in [0.5, 0.6) is 5.75 Å². The summed E-state index contributed by atoms with van der Waals surface area (Å²) in [6, 6.07) is 0.309. The summed E-state index contributed by atoms with van der Waals surface area (Å²) < 4.78 is 0. The van der Waals surface area contributed by atoms with Crippen molar-refractivity contribution < 1.29 is 49.2 Å². The average Bonchev–Trinajstić information content (AvgIpc) is 2.83. The maximum absolute atomic E-state index is 13.2. The number of nitrogens with two attached hydrogens (primary N) is 1. The molecule has 0 aromatic heterocycles. The Morgan fingerprint density at radius 2 is 1.21 bits per heavy atom. The first-order valence-electron chi connectivity index (χ1n) is 12.3. The molecule has 0 saturated heterocycles. The molecule has 1 aromatic carbocycles. The molecule has 0 radical (unpaired) electrons. The van der Waals surface area contributed by atoms with E-state index >= 15 is 0 Å². The van der Waals surface area contributed by atoms with Crippen molar-refractivity contribution in [1.82, 2.24) is 16.0 Å². The molecule has 14 nitrogen and oxygen atoms in total. The normalized spacial score (nSPS) is 13.9. The molecule has 3 amide bonds. The molecule has 0 aliphatic rings. The lowest BCUT2D eigenvalue weighted by Crippen LogP contribution is -2.57. The Morgan fingerprint density at radius 3 is 1.69 bits per heavy atom. The molecular formula is C25H36N4O10. The van der Waals surface area contributed by atoms with Gasteiger partial charge in [-0.25, -0.2) is 4.79 Å². The first-order valence-corrected chi connectivity index (χ1v) is 12.3. The average molecular weight is 553 g/mol. The van der Waals surface area contributed by atoms with Gasteiger partial charge in [0.2, 0.25) is 17.7 Å². The molecule has 0 saturated carbocycles. The molecule has 0 bridgehead atoms. The van der Waals surface area contributed by atoms with E-state index in [1.165, 1.54) is 24.3 Å². The maximum Gasteiger partial charge on any atom is 0.326 e. The number of aromatic hydroxyl groups is 1. The predicted octanol–water partition coefficient (Wildman–Crippen LogP) is -0.423. The Kier molecular flexibility index (Phi) is 13.4. The fraction of sp³-hybridized carbons (Fsp3) is 0.520. The van der Waals surface area contributed by atoms with Crippen LogP contribution in [0.1, 0.15) is 51.5 Å². The lowest BCUT2D eigenvalue weighted by molar-refractivity contribution is -0.143. The fourth-order valence-corrected chi connectivity index (χ4v) is 3.58. The zero-order valence-electron chi connectivity index (χ0n) is 21.8. The third-order valence-electron chi connectivity index (χ3n) is 5.61. The van der Waals surface area contributed by atoms with Gasteiger partial charge >= 0.3 is 17.9 Å². The van der Waals surface area contributed by atoms with Crippen LogP contribution in [0.2, 0.25) is 0 Å². The summed E-state index contributed by atoms with van der Waals surface area (Å²) in [4.78, 5) is 72.3. The Morgan fingerprint density at radius 1 is 0.744 bits per heavy atom. The quantitative estimate of drug-likeness (QED) is 0.123. The van der Waals surface area contributed by atoms with Crippen LogP contribution in [0, 0.1) is 5.92 Å². The Balaban J connectivity index is 3.18. The number of hydrogen-bond acceptors (Lipinski definition) is 8. The molecular weight excluding hydrogens is 516 g/mol. The highest BCUT2D eigenvalue weighted by Crippen LogP contribution is 2.13. The molecule has 0 heterocycles. The summed E-state index contributed by atoms with van der Waals surface area (Å²) in [6.45, 7) is 3.68. The molecule has 9 N–H and O–H groups in total. The van der Waals surface area contributed by atoms with E-state index in [-0.39, 0.29) is 24.5 Å². The maximum atomic E-state index is 13.2. The summed E-state index contributed by atoms with van der Waals surface area (Å²) in [5.41, 5.74) is 6.35. The predicted molar refractivity (Wildman–Crippen MR) is 136 cm³/mol. The standard InChI is InChI=1S/C25H36N4O10/c1-13(2)11-16(26)22(35)27-17(7-9-20(31)32)23(36)29-19(12-14-3-5-15(30)6-4-14)24(37)28-18(25(38)39)8-10-21(33)34/h3-6,13,16-19,30H,7-12,26H2,1-2H3,(H,27,35)(H,28,37)(H,29,36)(H,31,32)(H,33,34)(H,38,39). The van der Waals surface area contributed by atoms with Crippen molar-refractivity contribution in [3.8, 4) is 5.75 Å². The first kappa shape index (κ1) is 32.8. The molecule has 4 unspecified atom stereocenters. The monoisotopic (exact) mass is 552 g/mol. The van der Waals surface area contributed by atoms with Gasteiger partial charge in [0.25, 0.3) is 0 Å². The number of nitrogens with one attached hydrogen (secondary N) is 3. The summed E-state index contributed by atoms with van der Waals surface area (Å²) in [5.74, 6) is -6.51. The number of carbonyl (C=O) groups is 6. The molecule has 39 heavy (non-hydrogen) atoms. The molecule has 14 heteroatoms.